The van der Waals surface area contributed by atoms with Crippen molar-refractivity contribution in [3.8, 4) is 5.69 Å². The SMILES string of the molecule is Cc1cccc(-n2c(C)cc(C(=O)NCCOCC3CC3)c2C)c1. The second kappa shape index (κ2) is 7.22. The van der Waals surface area contributed by atoms with Crippen molar-refractivity contribution < 1.29 is 9.53 Å². The summed E-state index contributed by atoms with van der Waals surface area (Å²) >= 11 is 0. The molecule has 1 aliphatic rings. The van der Waals surface area contributed by atoms with Crippen LogP contribution in [0.25, 0.3) is 5.69 Å². The largest absolute Gasteiger partial charge is 0.379 e. The first-order valence-corrected chi connectivity index (χ1v) is 8.68. The molecule has 1 fully saturated rings. The molecule has 0 radical (unpaired) electrons. The third-order valence-corrected chi connectivity index (χ3v) is 4.52. The summed E-state index contributed by atoms with van der Waals surface area (Å²) in [5, 5.41) is 2.96. The molecule has 1 heterocycles. The third kappa shape index (κ3) is 3.88. The van der Waals surface area contributed by atoms with E-state index in [1.807, 2.05) is 26.0 Å². The van der Waals surface area contributed by atoms with E-state index in [0.29, 0.717) is 13.2 Å². The predicted octanol–water partition coefficient (Wildman–Crippen LogP) is 3.56. The van der Waals surface area contributed by atoms with E-state index < -0.39 is 0 Å². The molecule has 1 aliphatic carbocycles. The normalized spacial score (nSPS) is 14.0. The van der Waals surface area contributed by atoms with Gasteiger partial charge in [0.1, 0.15) is 0 Å². The van der Waals surface area contributed by atoms with E-state index in [4.69, 9.17) is 4.74 Å². The van der Waals surface area contributed by atoms with Gasteiger partial charge in [0.2, 0.25) is 0 Å². The highest BCUT2D eigenvalue weighted by Crippen LogP contribution is 2.28. The van der Waals surface area contributed by atoms with E-state index in [1.54, 1.807) is 0 Å². The van der Waals surface area contributed by atoms with Gasteiger partial charge in [0, 0.05) is 30.2 Å². The molecule has 1 amide bonds. The maximum atomic E-state index is 12.5. The zero-order chi connectivity index (χ0) is 17.1. The highest BCUT2D eigenvalue weighted by Gasteiger charge is 2.21. The van der Waals surface area contributed by atoms with E-state index >= 15 is 0 Å². The van der Waals surface area contributed by atoms with Crippen LogP contribution in [0.1, 0.15) is 40.2 Å². The van der Waals surface area contributed by atoms with Gasteiger partial charge in [-0.1, -0.05) is 12.1 Å². The Hall–Kier alpha value is -2.07. The van der Waals surface area contributed by atoms with Crippen LogP contribution < -0.4 is 5.32 Å². The average molecular weight is 326 g/mol. The lowest BCUT2D eigenvalue weighted by Crippen LogP contribution is -2.27. The van der Waals surface area contributed by atoms with Crippen LogP contribution in [0.4, 0.5) is 0 Å². The lowest BCUT2D eigenvalue weighted by Gasteiger charge is -2.11. The average Bonchev–Trinajstić information content (AvgIpc) is 3.31. The zero-order valence-corrected chi connectivity index (χ0v) is 14.8. The molecule has 1 aromatic heterocycles. The molecule has 0 saturated heterocycles. The number of nitrogens with one attached hydrogen (secondary N) is 1. The van der Waals surface area contributed by atoms with Crippen molar-refractivity contribution in [1.29, 1.82) is 0 Å². The lowest BCUT2D eigenvalue weighted by molar-refractivity contribution is 0.0906. The Morgan fingerprint density at radius 2 is 2.04 bits per heavy atom. The molecule has 2 aromatic rings. The summed E-state index contributed by atoms with van der Waals surface area (Å²) in [7, 11) is 0. The van der Waals surface area contributed by atoms with Crippen LogP contribution in [0.5, 0.6) is 0 Å². The monoisotopic (exact) mass is 326 g/mol. The first-order valence-electron chi connectivity index (χ1n) is 8.68. The van der Waals surface area contributed by atoms with Crippen LogP contribution >= 0.6 is 0 Å². The fraction of sp³-hybridized carbons (Fsp3) is 0.450. The summed E-state index contributed by atoms with van der Waals surface area (Å²) in [6.45, 7) is 8.07. The van der Waals surface area contributed by atoms with Crippen molar-refractivity contribution in [3.63, 3.8) is 0 Å². The van der Waals surface area contributed by atoms with Gasteiger partial charge in [0.15, 0.2) is 0 Å². The zero-order valence-electron chi connectivity index (χ0n) is 14.8. The van der Waals surface area contributed by atoms with Gasteiger partial charge in [0.05, 0.1) is 12.2 Å². The fourth-order valence-electron chi connectivity index (χ4n) is 3.02. The van der Waals surface area contributed by atoms with Crippen molar-refractivity contribution in [2.45, 2.75) is 33.6 Å². The maximum Gasteiger partial charge on any atom is 0.253 e. The Bertz CT molecular complexity index is 729. The van der Waals surface area contributed by atoms with Gasteiger partial charge in [-0.3, -0.25) is 4.79 Å². The van der Waals surface area contributed by atoms with Gasteiger partial charge >= 0.3 is 0 Å². The summed E-state index contributed by atoms with van der Waals surface area (Å²) in [5.41, 5.74) is 5.06. The number of nitrogens with zero attached hydrogens (tertiary/aromatic N) is 1. The first-order chi connectivity index (χ1) is 11.6. The molecular weight excluding hydrogens is 300 g/mol. The molecule has 0 atom stereocenters. The number of hydrogen-bond acceptors (Lipinski definition) is 2. The van der Waals surface area contributed by atoms with E-state index in [1.165, 1.54) is 18.4 Å². The van der Waals surface area contributed by atoms with E-state index in [9.17, 15) is 4.79 Å². The summed E-state index contributed by atoms with van der Waals surface area (Å²) in [5.74, 6) is 0.728. The lowest BCUT2D eigenvalue weighted by atomic mass is 10.2. The van der Waals surface area contributed by atoms with E-state index in [-0.39, 0.29) is 5.91 Å². The van der Waals surface area contributed by atoms with Gasteiger partial charge < -0.3 is 14.6 Å². The Labute approximate surface area is 143 Å². The third-order valence-electron chi connectivity index (χ3n) is 4.52. The van der Waals surface area contributed by atoms with Crippen molar-refractivity contribution in [1.82, 2.24) is 9.88 Å². The van der Waals surface area contributed by atoms with Crippen molar-refractivity contribution >= 4 is 5.91 Å². The number of amides is 1. The van der Waals surface area contributed by atoms with Crippen LogP contribution in [-0.2, 0) is 4.74 Å². The van der Waals surface area contributed by atoms with Gasteiger partial charge in [0.25, 0.3) is 5.91 Å². The van der Waals surface area contributed by atoms with Crippen LogP contribution in [0.2, 0.25) is 0 Å². The van der Waals surface area contributed by atoms with E-state index in [2.05, 4.69) is 35.0 Å². The number of aromatic nitrogens is 1. The number of benzene rings is 1. The molecular formula is C20H26N2O2. The quantitative estimate of drug-likeness (QED) is 0.791. The number of hydrogen-bond donors (Lipinski definition) is 1. The van der Waals surface area contributed by atoms with E-state index in [0.717, 1.165) is 35.2 Å². The molecule has 1 saturated carbocycles. The molecule has 1 aromatic carbocycles. The second-order valence-corrected chi connectivity index (χ2v) is 6.73. The summed E-state index contributed by atoms with van der Waals surface area (Å²) in [4.78, 5) is 12.5. The highest BCUT2D eigenvalue weighted by molar-refractivity contribution is 5.95. The number of carbonyl (C=O) groups is 1. The molecule has 0 bridgehead atoms. The van der Waals surface area contributed by atoms with Crippen LogP contribution in [0.3, 0.4) is 0 Å². The summed E-state index contributed by atoms with van der Waals surface area (Å²) in [6.07, 6.45) is 2.58. The van der Waals surface area contributed by atoms with Crippen molar-refractivity contribution in [3.05, 3.63) is 52.8 Å². The Kier molecular flexibility index (Phi) is 5.05. The maximum absolute atomic E-state index is 12.5. The van der Waals surface area contributed by atoms with Crippen molar-refractivity contribution in [2.75, 3.05) is 19.8 Å². The number of aryl methyl sites for hydroxylation is 2. The van der Waals surface area contributed by atoms with Crippen LogP contribution in [0.15, 0.2) is 30.3 Å². The molecule has 24 heavy (non-hydrogen) atoms. The summed E-state index contributed by atoms with van der Waals surface area (Å²) < 4.78 is 7.70. The molecule has 0 unspecified atom stereocenters. The first kappa shape index (κ1) is 16.8. The highest BCUT2D eigenvalue weighted by atomic mass is 16.5. The minimum absolute atomic E-state index is 0.0305. The van der Waals surface area contributed by atoms with Crippen molar-refractivity contribution in [2.24, 2.45) is 5.92 Å². The Morgan fingerprint density at radius 1 is 1.25 bits per heavy atom. The molecule has 4 nitrogen and oxygen atoms in total. The minimum atomic E-state index is -0.0305. The minimum Gasteiger partial charge on any atom is -0.379 e. The number of rotatable bonds is 7. The summed E-state index contributed by atoms with van der Waals surface area (Å²) in [6, 6.07) is 10.3. The number of carbonyl (C=O) groups excluding carboxylic acids is 1. The predicted molar refractivity (Wildman–Crippen MR) is 95.9 cm³/mol. The molecule has 0 spiro atoms. The molecule has 4 heteroatoms. The topological polar surface area (TPSA) is 43.3 Å². The van der Waals surface area contributed by atoms with Gasteiger partial charge in [-0.15, -0.1) is 0 Å². The molecule has 1 N–H and O–H groups in total. The Balaban J connectivity index is 1.65. The standard InChI is InChI=1S/C20H26N2O2/c1-14-5-4-6-18(11-14)22-15(2)12-19(16(22)3)20(23)21-9-10-24-13-17-7-8-17/h4-6,11-12,17H,7-10,13H2,1-3H3,(H,21,23). The second-order valence-electron chi connectivity index (χ2n) is 6.73. The van der Waals surface area contributed by atoms with Gasteiger partial charge in [-0.2, -0.15) is 0 Å². The molecule has 128 valence electrons. The smallest absolute Gasteiger partial charge is 0.253 e. The molecule has 3 rings (SSSR count). The van der Waals surface area contributed by atoms with Crippen LogP contribution in [0, 0.1) is 26.7 Å². The number of ether oxygens (including phenoxy) is 1. The Morgan fingerprint density at radius 3 is 2.75 bits per heavy atom. The van der Waals surface area contributed by atoms with Crippen LogP contribution in [-0.4, -0.2) is 30.2 Å². The fourth-order valence-corrected chi connectivity index (χ4v) is 3.02. The molecule has 0 aliphatic heterocycles. The van der Waals surface area contributed by atoms with Gasteiger partial charge in [-0.05, 0) is 63.3 Å². The van der Waals surface area contributed by atoms with Gasteiger partial charge in [-0.25, -0.2) is 0 Å².